The average molecular weight is 582 g/mol. The Bertz CT molecular complexity index is 1490. The first kappa shape index (κ1) is 31.0. The van der Waals surface area contributed by atoms with E-state index >= 15 is 0 Å². The van der Waals surface area contributed by atoms with Crippen molar-refractivity contribution in [2.75, 3.05) is 45.6 Å². The van der Waals surface area contributed by atoms with E-state index in [1.54, 1.807) is 17.0 Å². The number of hydrogen-bond acceptors (Lipinski definition) is 6. The Morgan fingerprint density at radius 2 is 1.37 bits per heavy atom. The minimum Gasteiger partial charge on any atom is -0.493 e. The first-order valence-electron chi connectivity index (χ1n) is 14.0. The van der Waals surface area contributed by atoms with Gasteiger partial charge in [-0.15, -0.1) is 0 Å². The van der Waals surface area contributed by atoms with Crippen LogP contribution in [0.4, 0.5) is 11.4 Å². The molecule has 0 aromatic heterocycles. The summed E-state index contributed by atoms with van der Waals surface area (Å²) in [7, 11) is 8.47. The molecule has 0 fully saturated rings. The molecule has 8 nitrogen and oxygen atoms in total. The van der Waals surface area contributed by atoms with Crippen LogP contribution in [0, 0.1) is 6.92 Å². The maximum absolute atomic E-state index is 14.3. The highest BCUT2D eigenvalue weighted by Crippen LogP contribution is 2.41. The quantitative estimate of drug-likeness (QED) is 0.220. The van der Waals surface area contributed by atoms with Crippen LogP contribution in [0.2, 0.25) is 0 Å². The van der Waals surface area contributed by atoms with E-state index in [0.29, 0.717) is 28.5 Å². The molecule has 0 spiro atoms. The van der Waals surface area contributed by atoms with Gasteiger partial charge in [-0.2, -0.15) is 0 Å². The maximum atomic E-state index is 14.3. The van der Waals surface area contributed by atoms with Gasteiger partial charge in [0.1, 0.15) is 6.04 Å². The molecule has 1 atom stereocenters. The fourth-order valence-electron chi connectivity index (χ4n) is 4.87. The second kappa shape index (κ2) is 14.3. The molecule has 0 aliphatic carbocycles. The monoisotopic (exact) mass is 581 g/mol. The molecule has 224 valence electrons. The molecule has 4 rings (SSSR count). The van der Waals surface area contributed by atoms with Crippen molar-refractivity contribution in [1.82, 2.24) is 4.90 Å². The zero-order chi connectivity index (χ0) is 30.9. The van der Waals surface area contributed by atoms with E-state index in [2.05, 4.69) is 5.32 Å². The van der Waals surface area contributed by atoms with Crippen LogP contribution in [0.15, 0.2) is 91.0 Å². The molecule has 0 bridgehead atoms. The van der Waals surface area contributed by atoms with Crippen LogP contribution in [0.3, 0.4) is 0 Å². The fraction of sp³-hybridized carbons (Fsp3) is 0.257. The number of anilines is 2. The Kier molecular flexibility index (Phi) is 10.3. The van der Waals surface area contributed by atoms with Crippen molar-refractivity contribution >= 4 is 23.2 Å². The summed E-state index contributed by atoms with van der Waals surface area (Å²) >= 11 is 0. The Labute approximate surface area is 253 Å². The predicted molar refractivity (Wildman–Crippen MR) is 170 cm³/mol. The van der Waals surface area contributed by atoms with Crippen LogP contribution >= 0.6 is 0 Å². The lowest BCUT2D eigenvalue weighted by Crippen LogP contribution is -2.41. The summed E-state index contributed by atoms with van der Waals surface area (Å²) in [6, 6.07) is 27.4. The van der Waals surface area contributed by atoms with Gasteiger partial charge in [-0.25, -0.2) is 0 Å². The van der Waals surface area contributed by atoms with E-state index in [1.165, 1.54) is 21.3 Å². The second-order valence-corrected chi connectivity index (χ2v) is 10.5. The number of amides is 2. The first-order valence-corrected chi connectivity index (χ1v) is 14.0. The van der Waals surface area contributed by atoms with Crippen LogP contribution in [0.1, 0.15) is 28.3 Å². The van der Waals surface area contributed by atoms with Gasteiger partial charge >= 0.3 is 0 Å². The van der Waals surface area contributed by atoms with Gasteiger partial charge in [-0.3, -0.25) is 9.59 Å². The van der Waals surface area contributed by atoms with E-state index < -0.39 is 6.04 Å². The molecule has 8 heteroatoms. The van der Waals surface area contributed by atoms with Gasteiger partial charge in [0.15, 0.2) is 11.5 Å². The highest BCUT2D eigenvalue weighted by atomic mass is 16.5. The summed E-state index contributed by atoms with van der Waals surface area (Å²) in [4.78, 5) is 32.1. The Morgan fingerprint density at radius 3 is 1.91 bits per heavy atom. The number of rotatable bonds is 12. The maximum Gasteiger partial charge on any atom is 0.251 e. The third-order valence-electron chi connectivity index (χ3n) is 7.21. The van der Waals surface area contributed by atoms with Gasteiger partial charge in [0.2, 0.25) is 11.7 Å². The van der Waals surface area contributed by atoms with Crippen LogP contribution < -0.4 is 24.4 Å². The molecule has 1 N–H and O–H groups in total. The second-order valence-electron chi connectivity index (χ2n) is 10.5. The summed E-state index contributed by atoms with van der Waals surface area (Å²) in [5.41, 5.74) is 4.98. The van der Waals surface area contributed by atoms with Gasteiger partial charge in [-0.05, 0) is 60.0 Å². The summed E-state index contributed by atoms with van der Waals surface area (Å²) in [5, 5.41) is 3.04. The lowest BCUT2D eigenvalue weighted by Gasteiger charge is -2.32. The molecule has 4 aromatic carbocycles. The van der Waals surface area contributed by atoms with Crippen LogP contribution in [0.5, 0.6) is 17.2 Å². The highest BCUT2D eigenvalue weighted by Gasteiger charge is 2.33. The third-order valence-corrected chi connectivity index (χ3v) is 7.21. The first-order chi connectivity index (χ1) is 20.7. The van der Waals surface area contributed by atoms with Crippen molar-refractivity contribution in [3.63, 3.8) is 0 Å². The number of methoxy groups -OCH3 is 3. The van der Waals surface area contributed by atoms with E-state index in [4.69, 9.17) is 14.2 Å². The Hall–Kier alpha value is -4.98. The molecule has 0 radical (unpaired) electrons. The Morgan fingerprint density at radius 1 is 0.767 bits per heavy atom. The van der Waals surface area contributed by atoms with Crippen molar-refractivity contribution in [1.29, 1.82) is 0 Å². The summed E-state index contributed by atoms with van der Waals surface area (Å²) in [6.45, 7) is 2.22. The van der Waals surface area contributed by atoms with E-state index in [9.17, 15) is 9.59 Å². The van der Waals surface area contributed by atoms with Crippen LogP contribution in [-0.4, -0.2) is 52.1 Å². The molecule has 0 unspecified atom stereocenters. The van der Waals surface area contributed by atoms with E-state index in [-0.39, 0.29) is 24.8 Å². The zero-order valence-corrected chi connectivity index (χ0v) is 25.6. The number of nitrogens with one attached hydrogen (secondary N) is 1. The lowest BCUT2D eigenvalue weighted by molar-refractivity contribution is -0.139. The van der Waals surface area contributed by atoms with Crippen molar-refractivity contribution in [2.45, 2.75) is 25.9 Å². The standard InChI is InChI=1S/C35H39N3O5/c1-24-12-14-26(15-13-24)23-38(32(39)20-25-10-8-7-9-11-25)33(27-21-30(41-4)34(43-6)31(22-27)42-5)35(40)36-28-16-18-29(19-17-28)37(2)3/h7-19,21-22,33H,20,23H2,1-6H3,(H,36,40)/t33-/m1/s1. The molecular formula is C35H39N3O5. The average Bonchev–Trinajstić information content (AvgIpc) is 3.01. The number of carbonyl (C=O) groups is 2. The molecule has 0 aliphatic rings. The minimum absolute atomic E-state index is 0.123. The summed E-state index contributed by atoms with van der Waals surface area (Å²) in [6.07, 6.45) is 0.123. The number of carbonyl (C=O) groups excluding carboxylic acids is 2. The topological polar surface area (TPSA) is 80.3 Å². The van der Waals surface area contributed by atoms with Gasteiger partial charge < -0.3 is 29.3 Å². The van der Waals surface area contributed by atoms with Gasteiger partial charge in [0.05, 0.1) is 27.8 Å². The van der Waals surface area contributed by atoms with Crippen LogP contribution in [-0.2, 0) is 22.6 Å². The highest BCUT2D eigenvalue weighted by molar-refractivity contribution is 5.98. The summed E-state index contributed by atoms with van der Waals surface area (Å²) < 4.78 is 16.8. The molecule has 0 heterocycles. The number of hydrogen-bond donors (Lipinski definition) is 1. The smallest absolute Gasteiger partial charge is 0.251 e. The van der Waals surface area contributed by atoms with E-state index in [0.717, 1.165) is 22.4 Å². The molecule has 0 saturated heterocycles. The number of nitrogens with zero attached hydrogens (tertiary/aromatic N) is 2. The molecule has 0 saturated carbocycles. The SMILES string of the molecule is COc1cc([C@H](C(=O)Nc2ccc(N(C)C)cc2)N(Cc2ccc(C)cc2)C(=O)Cc2ccccc2)cc(OC)c1OC. The van der Waals surface area contributed by atoms with E-state index in [1.807, 2.05) is 105 Å². The molecule has 2 amide bonds. The molecular weight excluding hydrogens is 542 g/mol. The van der Waals surface area contributed by atoms with Crippen molar-refractivity contribution in [3.8, 4) is 17.2 Å². The normalized spacial score (nSPS) is 11.3. The molecule has 0 aliphatic heterocycles. The van der Waals surface area contributed by atoms with Crippen molar-refractivity contribution in [3.05, 3.63) is 113 Å². The van der Waals surface area contributed by atoms with Gasteiger partial charge in [-0.1, -0.05) is 60.2 Å². The minimum atomic E-state index is -1.03. The largest absolute Gasteiger partial charge is 0.493 e. The number of aryl methyl sites for hydroxylation is 1. The van der Waals surface area contributed by atoms with Crippen LogP contribution in [0.25, 0.3) is 0 Å². The molecule has 43 heavy (non-hydrogen) atoms. The predicted octanol–water partition coefficient (Wildman–Crippen LogP) is 6.04. The fourth-order valence-corrected chi connectivity index (χ4v) is 4.87. The zero-order valence-electron chi connectivity index (χ0n) is 25.6. The lowest BCUT2D eigenvalue weighted by atomic mass is 10.00. The van der Waals surface area contributed by atoms with Crippen molar-refractivity contribution in [2.24, 2.45) is 0 Å². The number of benzene rings is 4. The van der Waals surface area contributed by atoms with Gasteiger partial charge in [0.25, 0.3) is 5.91 Å². The Balaban J connectivity index is 1.84. The third kappa shape index (κ3) is 7.65. The molecule has 4 aromatic rings. The summed E-state index contributed by atoms with van der Waals surface area (Å²) in [5.74, 6) is 0.587. The van der Waals surface area contributed by atoms with Crippen molar-refractivity contribution < 1.29 is 23.8 Å². The van der Waals surface area contributed by atoms with Gasteiger partial charge in [0, 0.05) is 32.0 Å². The number of ether oxygens (including phenoxy) is 3.